The van der Waals surface area contributed by atoms with Gasteiger partial charge < -0.3 is 20.3 Å². The summed E-state index contributed by atoms with van der Waals surface area (Å²) in [6.07, 6.45) is 8.03. The molecular formula is C24H35N5O2. The minimum absolute atomic E-state index is 0.406. The number of anilines is 1. The van der Waals surface area contributed by atoms with Crippen LogP contribution < -0.4 is 10.6 Å². The summed E-state index contributed by atoms with van der Waals surface area (Å²) in [7, 11) is 3.54. The van der Waals surface area contributed by atoms with E-state index in [1.807, 2.05) is 12.3 Å². The maximum Gasteiger partial charge on any atom is 0.223 e. The Morgan fingerprint density at radius 1 is 1.19 bits per heavy atom. The first kappa shape index (κ1) is 23.2. The van der Waals surface area contributed by atoms with Gasteiger partial charge in [-0.2, -0.15) is 0 Å². The number of rotatable bonds is 11. The third-order valence-corrected chi connectivity index (χ3v) is 6.01. The molecule has 3 rings (SSSR count). The highest BCUT2D eigenvalue weighted by molar-refractivity contribution is 5.62. The molecule has 1 aromatic carbocycles. The van der Waals surface area contributed by atoms with Gasteiger partial charge in [0, 0.05) is 51.1 Å². The lowest BCUT2D eigenvalue weighted by Gasteiger charge is -2.29. The molecule has 0 radical (unpaired) electrons. The van der Waals surface area contributed by atoms with E-state index < -0.39 is 0 Å². The molecule has 0 aliphatic heterocycles. The van der Waals surface area contributed by atoms with Crippen LogP contribution in [0.15, 0.2) is 30.5 Å². The molecule has 1 heterocycles. The van der Waals surface area contributed by atoms with Gasteiger partial charge in [0.2, 0.25) is 12.4 Å². The molecule has 0 saturated heterocycles. The monoisotopic (exact) mass is 425 g/mol. The second-order valence-corrected chi connectivity index (χ2v) is 8.38. The molecule has 1 amide bonds. The average Bonchev–Trinajstić information content (AvgIpc) is 2.80. The maximum atomic E-state index is 10.9. The summed E-state index contributed by atoms with van der Waals surface area (Å²) < 4.78 is 5.12. The molecule has 1 aliphatic rings. The van der Waals surface area contributed by atoms with Crippen LogP contribution in [0.25, 0.3) is 11.3 Å². The number of nitrogens with zero attached hydrogens (tertiary/aromatic N) is 3. The first-order valence-electron chi connectivity index (χ1n) is 11.2. The zero-order valence-corrected chi connectivity index (χ0v) is 18.9. The molecule has 0 spiro atoms. The Morgan fingerprint density at radius 3 is 2.71 bits per heavy atom. The van der Waals surface area contributed by atoms with E-state index in [1.165, 1.54) is 11.1 Å². The van der Waals surface area contributed by atoms with Gasteiger partial charge in [0.05, 0.1) is 12.3 Å². The third kappa shape index (κ3) is 7.01. The normalized spacial score (nSPS) is 18.5. The predicted octanol–water partition coefficient (Wildman–Crippen LogP) is 3.04. The number of nitrogens with one attached hydrogen (secondary N) is 2. The summed E-state index contributed by atoms with van der Waals surface area (Å²) in [6, 6.07) is 9.34. The summed E-state index contributed by atoms with van der Waals surface area (Å²) in [5.74, 6) is 0.691. The van der Waals surface area contributed by atoms with Crippen molar-refractivity contribution in [2.24, 2.45) is 0 Å². The molecule has 1 aliphatic carbocycles. The number of likely N-dealkylation sites (N-methyl/N-ethyl adjacent to an activating group) is 1. The van der Waals surface area contributed by atoms with Crippen LogP contribution in [0.2, 0.25) is 0 Å². The van der Waals surface area contributed by atoms with Crippen LogP contribution in [0.4, 0.5) is 5.95 Å². The second-order valence-electron chi connectivity index (χ2n) is 8.38. The number of benzene rings is 1. The Hall–Kier alpha value is -2.51. The predicted molar refractivity (Wildman–Crippen MR) is 124 cm³/mol. The molecular weight excluding hydrogens is 390 g/mol. The summed E-state index contributed by atoms with van der Waals surface area (Å²) in [4.78, 5) is 21.8. The lowest BCUT2D eigenvalue weighted by atomic mass is 9.91. The molecule has 2 N–H and O–H groups in total. The summed E-state index contributed by atoms with van der Waals surface area (Å²) in [5.41, 5.74) is 4.45. The topological polar surface area (TPSA) is 79.4 Å². The Bertz CT molecular complexity index is 836. The molecule has 1 saturated carbocycles. The fourth-order valence-corrected chi connectivity index (χ4v) is 4.03. The zero-order valence-electron chi connectivity index (χ0n) is 18.9. The van der Waals surface area contributed by atoms with E-state index in [0.717, 1.165) is 62.9 Å². The van der Waals surface area contributed by atoms with E-state index in [4.69, 9.17) is 9.72 Å². The standard InChI is InChI=1S/C24H35N5O2/c1-18-4-5-20(16-19(18)11-14-29(2)17-30)23-10-12-26-24(28-23)27-22-8-6-21(7-9-22)25-13-15-31-3/h4-5,10,12,16-17,21-22,25H,6-9,11,13-15H2,1-3H3,(H,26,27,28)/t21-,22-. The van der Waals surface area contributed by atoms with Crippen LogP contribution >= 0.6 is 0 Å². The second kappa shape index (κ2) is 11.8. The number of amides is 1. The van der Waals surface area contributed by atoms with Crippen LogP contribution in [0.5, 0.6) is 0 Å². The number of carbonyl (C=O) groups is 1. The Labute approximate surface area is 185 Å². The molecule has 7 heteroatoms. The minimum Gasteiger partial charge on any atom is -0.383 e. The van der Waals surface area contributed by atoms with E-state index in [-0.39, 0.29) is 0 Å². The molecule has 0 unspecified atom stereocenters. The highest BCUT2D eigenvalue weighted by Crippen LogP contribution is 2.24. The van der Waals surface area contributed by atoms with Crippen molar-refractivity contribution in [1.29, 1.82) is 0 Å². The number of ether oxygens (including phenoxy) is 1. The number of aromatic nitrogens is 2. The minimum atomic E-state index is 0.406. The summed E-state index contributed by atoms with van der Waals surface area (Å²) in [6.45, 7) is 4.47. The van der Waals surface area contributed by atoms with Crippen LogP contribution in [-0.2, 0) is 16.0 Å². The molecule has 2 aromatic rings. The third-order valence-electron chi connectivity index (χ3n) is 6.01. The van der Waals surface area contributed by atoms with Gasteiger partial charge in [0.25, 0.3) is 0 Å². The average molecular weight is 426 g/mol. The van der Waals surface area contributed by atoms with Crippen LogP contribution in [-0.4, -0.2) is 67.2 Å². The Kier molecular flexibility index (Phi) is 8.79. The van der Waals surface area contributed by atoms with Crippen molar-refractivity contribution in [2.75, 3.05) is 39.2 Å². The van der Waals surface area contributed by atoms with E-state index in [0.29, 0.717) is 24.6 Å². The van der Waals surface area contributed by atoms with Gasteiger partial charge in [-0.3, -0.25) is 4.79 Å². The SMILES string of the molecule is COCCN[C@H]1CC[C@H](Nc2nccc(-c3ccc(C)c(CCN(C)C=O)c3)n2)CC1. The highest BCUT2D eigenvalue weighted by atomic mass is 16.5. The number of methoxy groups -OCH3 is 1. The van der Waals surface area contributed by atoms with Crippen LogP contribution in [0.1, 0.15) is 36.8 Å². The highest BCUT2D eigenvalue weighted by Gasteiger charge is 2.21. The van der Waals surface area contributed by atoms with Crippen molar-refractivity contribution in [1.82, 2.24) is 20.2 Å². The molecule has 0 bridgehead atoms. The maximum absolute atomic E-state index is 10.9. The van der Waals surface area contributed by atoms with Crippen molar-refractivity contribution >= 4 is 12.4 Å². The van der Waals surface area contributed by atoms with E-state index >= 15 is 0 Å². The molecule has 7 nitrogen and oxygen atoms in total. The number of hydrogen-bond donors (Lipinski definition) is 2. The fraction of sp³-hybridized carbons (Fsp3) is 0.542. The van der Waals surface area contributed by atoms with Gasteiger partial charge in [-0.25, -0.2) is 9.97 Å². The van der Waals surface area contributed by atoms with Crippen molar-refractivity contribution in [3.05, 3.63) is 41.6 Å². The van der Waals surface area contributed by atoms with Gasteiger partial charge in [0.15, 0.2) is 0 Å². The largest absolute Gasteiger partial charge is 0.383 e. The van der Waals surface area contributed by atoms with Crippen LogP contribution in [0, 0.1) is 6.92 Å². The Balaban J connectivity index is 1.60. The van der Waals surface area contributed by atoms with Gasteiger partial charge >= 0.3 is 0 Å². The van der Waals surface area contributed by atoms with Crippen molar-refractivity contribution in [2.45, 2.75) is 51.1 Å². The van der Waals surface area contributed by atoms with Gasteiger partial charge in [-0.1, -0.05) is 12.1 Å². The number of hydrogen-bond acceptors (Lipinski definition) is 6. The fourth-order valence-electron chi connectivity index (χ4n) is 4.03. The molecule has 1 aromatic heterocycles. The lowest BCUT2D eigenvalue weighted by molar-refractivity contribution is -0.116. The number of carbonyl (C=O) groups excluding carboxylic acids is 1. The molecule has 168 valence electrons. The molecule has 31 heavy (non-hydrogen) atoms. The first-order chi connectivity index (χ1) is 15.1. The molecule has 1 fully saturated rings. The van der Waals surface area contributed by atoms with E-state index in [1.54, 1.807) is 19.1 Å². The smallest absolute Gasteiger partial charge is 0.223 e. The van der Waals surface area contributed by atoms with Gasteiger partial charge in [0.1, 0.15) is 0 Å². The lowest BCUT2D eigenvalue weighted by Crippen LogP contribution is -2.38. The quantitative estimate of drug-likeness (QED) is 0.426. The summed E-state index contributed by atoms with van der Waals surface area (Å²) in [5, 5.41) is 7.09. The first-order valence-corrected chi connectivity index (χ1v) is 11.2. The van der Waals surface area contributed by atoms with Crippen molar-refractivity contribution < 1.29 is 9.53 Å². The Morgan fingerprint density at radius 2 is 1.97 bits per heavy atom. The summed E-state index contributed by atoms with van der Waals surface area (Å²) >= 11 is 0. The van der Waals surface area contributed by atoms with Crippen molar-refractivity contribution in [3.63, 3.8) is 0 Å². The number of aryl methyl sites for hydroxylation is 1. The van der Waals surface area contributed by atoms with E-state index in [9.17, 15) is 4.79 Å². The zero-order chi connectivity index (χ0) is 22.1. The molecule has 0 atom stereocenters. The van der Waals surface area contributed by atoms with Gasteiger partial charge in [-0.15, -0.1) is 0 Å². The van der Waals surface area contributed by atoms with E-state index in [2.05, 4.69) is 40.7 Å². The van der Waals surface area contributed by atoms with Crippen LogP contribution in [0.3, 0.4) is 0 Å². The van der Waals surface area contributed by atoms with Gasteiger partial charge in [-0.05, 0) is 62.3 Å². The van der Waals surface area contributed by atoms with Crippen molar-refractivity contribution in [3.8, 4) is 11.3 Å².